The normalized spacial score (nSPS) is 11.4. The summed E-state index contributed by atoms with van der Waals surface area (Å²) >= 11 is 6.65. The number of unbranched alkanes of at least 4 members (excludes halogenated alkanes) is 3. The van der Waals surface area contributed by atoms with Gasteiger partial charge in [-0.3, -0.25) is 4.79 Å². The third-order valence-electron chi connectivity index (χ3n) is 8.50. The first-order valence-electron chi connectivity index (χ1n) is 16.6. The summed E-state index contributed by atoms with van der Waals surface area (Å²) < 4.78 is 60.3. The Morgan fingerprint density at radius 3 is 2.36 bits per heavy atom. The maximum absolute atomic E-state index is 15.9. The SMILES string of the molecule is CCCCCc1ccc(Cl)c(-n2nc(CCCC)c(Cc3ccc(-c4ccccc4S(=O)(=O)NC(=O)c4ccccc4F)cc3F)c2C#N)c1. The van der Waals surface area contributed by atoms with Crippen molar-refractivity contribution in [2.24, 2.45) is 0 Å². The number of benzene rings is 4. The van der Waals surface area contributed by atoms with Gasteiger partial charge in [-0.25, -0.2) is 26.6 Å². The molecule has 0 atom stereocenters. The summed E-state index contributed by atoms with van der Waals surface area (Å²) in [5.74, 6) is -2.61. The number of nitrogens with one attached hydrogen (secondary N) is 1. The summed E-state index contributed by atoms with van der Waals surface area (Å²) in [5, 5.41) is 15.7. The number of carbonyl (C=O) groups is 1. The summed E-state index contributed by atoms with van der Waals surface area (Å²) in [6.45, 7) is 4.20. The maximum atomic E-state index is 15.9. The topological polar surface area (TPSA) is 105 Å². The monoisotopic (exact) mass is 714 g/mol. The predicted molar refractivity (Wildman–Crippen MR) is 191 cm³/mol. The molecule has 50 heavy (non-hydrogen) atoms. The molecular formula is C39H37ClF2N4O3S. The van der Waals surface area contributed by atoms with Gasteiger partial charge < -0.3 is 0 Å². The van der Waals surface area contributed by atoms with E-state index in [-0.39, 0.29) is 33.7 Å². The van der Waals surface area contributed by atoms with Gasteiger partial charge in [0, 0.05) is 17.5 Å². The van der Waals surface area contributed by atoms with Gasteiger partial charge in [-0.15, -0.1) is 0 Å². The van der Waals surface area contributed by atoms with Crippen LogP contribution in [0.2, 0.25) is 5.02 Å². The minimum atomic E-state index is -4.48. The van der Waals surface area contributed by atoms with Crippen LogP contribution < -0.4 is 4.72 Å². The number of carbonyl (C=O) groups excluding carboxylic acids is 1. The van der Waals surface area contributed by atoms with Gasteiger partial charge in [0.2, 0.25) is 0 Å². The van der Waals surface area contributed by atoms with Crippen LogP contribution in [0.1, 0.15) is 84.4 Å². The number of nitriles is 1. The second-order valence-corrected chi connectivity index (χ2v) is 14.1. The Morgan fingerprint density at radius 2 is 1.64 bits per heavy atom. The fourth-order valence-electron chi connectivity index (χ4n) is 5.84. The van der Waals surface area contributed by atoms with Crippen molar-refractivity contribution in [3.8, 4) is 22.9 Å². The molecule has 0 bridgehead atoms. The van der Waals surface area contributed by atoms with Crippen LogP contribution in [0.15, 0.2) is 89.8 Å². The summed E-state index contributed by atoms with van der Waals surface area (Å²) in [4.78, 5) is 12.4. The number of aromatic nitrogens is 2. The van der Waals surface area contributed by atoms with Gasteiger partial charge in [0.25, 0.3) is 15.9 Å². The van der Waals surface area contributed by atoms with Gasteiger partial charge >= 0.3 is 0 Å². The maximum Gasteiger partial charge on any atom is 0.267 e. The van der Waals surface area contributed by atoms with Crippen molar-refractivity contribution in [2.75, 3.05) is 0 Å². The van der Waals surface area contributed by atoms with Gasteiger partial charge in [0.15, 0.2) is 0 Å². The van der Waals surface area contributed by atoms with Crippen molar-refractivity contribution in [2.45, 2.75) is 70.1 Å². The zero-order chi connectivity index (χ0) is 35.8. The molecule has 0 aliphatic rings. The Morgan fingerprint density at radius 1 is 0.900 bits per heavy atom. The molecule has 1 heterocycles. The van der Waals surface area contributed by atoms with Crippen LogP contribution in [-0.2, 0) is 29.3 Å². The van der Waals surface area contributed by atoms with Gasteiger partial charge in [-0.2, -0.15) is 10.4 Å². The minimum absolute atomic E-state index is 0.0699. The molecule has 5 aromatic rings. The highest BCUT2D eigenvalue weighted by Crippen LogP contribution is 2.32. The first-order chi connectivity index (χ1) is 24.1. The van der Waals surface area contributed by atoms with Gasteiger partial charge in [-0.05, 0) is 78.8 Å². The highest BCUT2D eigenvalue weighted by Gasteiger charge is 2.25. The molecule has 0 saturated heterocycles. The van der Waals surface area contributed by atoms with E-state index in [2.05, 4.69) is 19.9 Å². The molecule has 0 aliphatic carbocycles. The molecule has 1 amide bonds. The number of halogens is 3. The molecule has 11 heteroatoms. The van der Waals surface area contributed by atoms with Crippen molar-refractivity contribution < 1.29 is 22.0 Å². The molecule has 5 rings (SSSR count). The van der Waals surface area contributed by atoms with Gasteiger partial charge in [0.1, 0.15) is 23.4 Å². The third-order valence-corrected chi connectivity index (χ3v) is 10.2. The third kappa shape index (κ3) is 8.12. The number of aryl methyl sites for hydroxylation is 2. The van der Waals surface area contributed by atoms with Crippen molar-refractivity contribution >= 4 is 27.5 Å². The van der Waals surface area contributed by atoms with E-state index in [4.69, 9.17) is 16.7 Å². The number of sulfonamides is 1. The molecular weight excluding hydrogens is 678 g/mol. The summed E-state index contributed by atoms with van der Waals surface area (Å²) in [5.41, 5.74) is 3.49. The molecule has 1 N–H and O–H groups in total. The van der Waals surface area contributed by atoms with Gasteiger partial charge in [-0.1, -0.05) is 93.2 Å². The van der Waals surface area contributed by atoms with E-state index in [1.165, 1.54) is 42.5 Å². The van der Waals surface area contributed by atoms with E-state index in [0.717, 1.165) is 50.2 Å². The first kappa shape index (κ1) is 36.4. The second kappa shape index (κ2) is 16.2. The van der Waals surface area contributed by atoms with Crippen LogP contribution in [0.3, 0.4) is 0 Å². The Balaban J connectivity index is 1.48. The quantitative estimate of drug-likeness (QED) is 0.116. The van der Waals surface area contributed by atoms with Crippen LogP contribution in [0.4, 0.5) is 8.78 Å². The molecule has 0 unspecified atom stereocenters. The number of amides is 1. The van der Waals surface area contributed by atoms with E-state index in [1.54, 1.807) is 22.9 Å². The lowest BCUT2D eigenvalue weighted by molar-refractivity contribution is 0.0977. The van der Waals surface area contributed by atoms with E-state index in [1.807, 2.05) is 22.9 Å². The highest BCUT2D eigenvalue weighted by molar-refractivity contribution is 7.90. The average Bonchev–Trinajstić information content (AvgIpc) is 3.45. The van der Waals surface area contributed by atoms with E-state index < -0.39 is 33.1 Å². The molecule has 0 fully saturated rings. The fraction of sp³-hybridized carbons (Fsp3) is 0.256. The van der Waals surface area contributed by atoms with Crippen LogP contribution >= 0.6 is 11.6 Å². The second-order valence-electron chi connectivity index (χ2n) is 12.0. The lowest BCUT2D eigenvalue weighted by Crippen LogP contribution is -2.31. The molecule has 0 aliphatic heterocycles. The van der Waals surface area contributed by atoms with Crippen molar-refractivity contribution in [1.29, 1.82) is 5.26 Å². The van der Waals surface area contributed by atoms with Crippen molar-refractivity contribution in [3.05, 3.63) is 135 Å². The first-order valence-corrected chi connectivity index (χ1v) is 18.4. The highest BCUT2D eigenvalue weighted by atomic mass is 35.5. The lowest BCUT2D eigenvalue weighted by atomic mass is 9.97. The van der Waals surface area contributed by atoms with Crippen molar-refractivity contribution in [1.82, 2.24) is 14.5 Å². The Labute approximate surface area is 296 Å². The molecule has 7 nitrogen and oxygen atoms in total. The average molecular weight is 715 g/mol. The van der Waals surface area contributed by atoms with Crippen LogP contribution in [0.25, 0.3) is 16.8 Å². The standard InChI is InChI=1S/C39H37ClF2N4O3S/c1-3-5-7-12-26-18-21-32(40)36(22-26)46-37(25-43)31(35(44-46)16-6-4-2)23-28-20-19-27(24-34(28)42)29-13-9-11-17-38(29)50(48,49)45-39(47)30-14-8-10-15-33(30)41/h8-11,13-15,17-22,24H,3-7,12,16,23H2,1-2H3,(H,45,47). The Bertz CT molecular complexity index is 2180. The molecule has 258 valence electrons. The zero-order valence-corrected chi connectivity index (χ0v) is 29.4. The van der Waals surface area contributed by atoms with Crippen molar-refractivity contribution in [3.63, 3.8) is 0 Å². The summed E-state index contributed by atoms with van der Waals surface area (Å²) in [6.07, 6.45) is 6.48. The Kier molecular flexibility index (Phi) is 11.8. The van der Waals surface area contributed by atoms with Crippen LogP contribution in [0.5, 0.6) is 0 Å². The Hall–Kier alpha value is -4.85. The smallest absolute Gasteiger partial charge is 0.267 e. The fourth-order valence-corrected chi connectivity index (χ4v) is 7.23. The predicted octanol–water partition coefficient (Wildman–Crippen LogP) is 9.13. The summed E-state index contributed by atoms with van der Waals surface area (Å²) in [6, 6.07) is 23.3. The number of rotatable bonds is 14. The minimum Gasteiger partial charge on any atom is -0.268 e. The number of hydrogen-bond acceptors (Lipinski definition) is 5. The number of nitrogens with zero attached hydrogens (tertiary/aromatic N) is 3. The number of hydrogen-bond donors (Lipinski definition) is 1. The van der Waals surface area contributed by atoms with Crippen LogP contribution in [0, 0.1) is 23.0 Å². The van der Waals surface area contributed by atoms with E-state index in [9.17, 15) is 22.9 Å². The largest absolute Gasteiger partial charge is 0.268 e. The van der Waals surface area contributed by atoms with E-state index >= 15 is 4.39 Å². The summed E-state index contributed by atoms with van der Waals surface area (Å²) in [7, 11) is -4.48. The molecule has 0 saturated carbocycles. The molecule has 0 radical (unpaired) electrons. The zero-order valence-electron chi connectivity index (χ0n) is 27.8. The molecule has 1 aromatic heterocycles. The van der Waals surface area contributed by atoms with E-state index in [0.29, 0.717) is 28.4 Å². The van der Waals surface area contributed by atoms with Crippen LogP contribution in [-0.4, -0.2) is 24.1 Å². The molecule has 4 aromatic carbocycles. The molecule has 0 spiro atoms. The van der Waals surface area contributed by atoms with Gasteiger partial charge in [0.05, 0.1) is 26.9 Å². The lowest BCUT2D eigenvalue weighted by Gasteiger charge is -2.13.